The van der Waals surface area contributed by atoms with Crippen LogP contribution in [-0.4, -0.2) is 37.2 Å². The second-order valence-corrected chi connectivity index (χ2v) is 22.0. The molecule has 0 N–H and O–H groups in total. The van der Waals surface area contributed by atoms with Gasteiger partial charge in [-0.3, -0.25) is 14.4 Å². The Bertz CT molecular complexity index is 1530. The van der Waals surface area contributed by atoms with Gasteiger partial charge in [-0.25, -0.2) is 0 Å². The molecule has 0 aliphatic rings. The van der Waals surface area contributed by atoms with E-state index in [4.69, 9.17) is 14.2 Å². The van der Waals surface area contributed by atoms with E-state index >= 15 is 0 Å². The van der Waals surface area contributed by atoms with Crippen molar-refractivity contribution in [2.24, 2.45) is 0 Å². The normalized spacial score (nSPS) is 12.7. The van der Waals surface area contributed by atoms with Crippen LogP contribution in [0, 0.1) is 0 Å². The van der Waals surface area contributed by atoms with Crippen LogP contribution in [0.25, 0.3) is 0 Å². The lowest BCUT2D eigenvalue weighted by Crippen LogP contribution is -2.30. The van der Waals surface area contributed by atoms with Crippen LogP contribution in [0.3, 0.4) is 0 Å². The molecule has 0 radical (unpaired) electrons. The Labute approximate surface area is 483 Å². The minimum atomic E-state index is -0.795. The van der Waals surface area contributed by atoms with Gasteiger partial charge < -0.3 is 14.2 Å². The Hall–Kier alpha value is -3.67. The van der Waals surface area contributed by atoms with E-state index in [9.17, 15) is 14.4 Å². The topological polar surface area (TPSA) is 78.9 Å². The average molecular weight is 1090 g/mol. The molecule has 0 heterocycles. The summed E-state index contributed by atoms with van der Waals surface area (Å²) in [6, 6.07) is 0. The summed E-state index contributed by atoms with van der Waals surface area (Å²) in [6.07, 6.45) is 88.5. The third kappa shape index (κ3) is 63.2. The van der Waals surface area contributed by atoms with Crippen LogP contribution in [0.5, 0.6) is 0 Å². The van der Waals surface area contributed by atoms with E-state index in [0.717, 1.165) is 116 Å². The predicted octanol–water partition coefficient (Wildman–Crippen LogP) is 22.8. The standard InChI is InChI=1S/C72H124O6/c1-4-7-10-13-16-19-22-25-28-30-31-32-33-34-35-36-37-38-39-40-41-43-44-47-50-53-56-59-62-65-71(74)77-68-69(67-76-70(73)64-61-58-55-52-49-46-27-24-21-18-15-12-9-6-3)78-72(75)66-63-60-57-54-51-48-45-42-29-26-23-20-17-14-11-8-5-2/h8,11,17,20,22,24-27,29-31,33-34,45,48,69H,4-7,9-10,12-16,18-19,21,23,28,32,35-44,46-47,49-68H2,1-3H3/b11-8-,20-17-,25-22-,27-24-,29-26-,31-30-,34-33-,48-45-. The summed E-state index contributed by atoms with van der Waals surface area (Å²) in [4.78, 5) is 38.3. The molecule has 0 aliphatic carbocycles. The van der Waals surface area contributed by atoms with Crippen LogP contribution in [0.2, 0.25) is 0 Å². The van der Waals surface area contributed by atoms with E-state index in [1.165, 1.54) is 167 Å². The first kappa shape index (κ1) is 74.3. The smallest absolute Gasteiger partial charge is 0.306 e. The second kappa shape index (κ2) is 65.8. The minimum Gasteiger partial charge on any atom is -0.462 e. The van der Waals surface area contributed by atoms with Crippen molar-refractivity contribution in [1.82, 2.24) is 0 Å². The van der Waals surface area contributed by atoms with Gasteiger partial charge in [0.2, 0.25) is 0 Å². The summed E-state index contributed by atoms with van der Waals surface area (Å²) in [6.45, 7) is 6.50. The fourth-order valence-electron chi connectivity index (χ4n) is 9.32. The quantitative estimate of drug-likeness (QED) is 0.0261. The molecular weight excluding hydrogens is 961 g/mol. The van der Waals surface area contributed by atoms with E-state index in [2.05, 4.69) is 118 Å². The van der Waals surface area contributed by atoms with Gasteiger partial charge in [-0.15, -0.1) is 0 Å². The maximum Gasteiger partial charge on any atom is 0.306 e. The molecule has 0 saturated carbocycles. The number of ether oxygens (including phenoxy) is 3. The molecule has 78 heavy (non-hydrogen) atoms. The maximum absolute atomic E-state index is 12.9. The van der Waals surface area contributed by atoms with Crippen LogP contribution in [0.15, 0.2) is 97.2 Å². The van der Waals surface area contributed by atoms with Crippen LogP contribution < -0.4 is 0 Å². The van der Waals surface area contributed by atoms with Gasteiger partial charge in [-0.1, -0.05) is 279 Å². The van der Waals surface area contributed by atoms with E-state index in [1.807, 2.05) is 0 Å². The number of allylic oxidation sites excluding steroid dienone is 16. The van der Waals surface area contributed by atoms with Crippen molar-refractivity contribution in [1.29, 1.82) is 0 Å². The number of hydrogen-bond acceptors (Lipinski definition) is 6. The molecule has 0 rings (SSSR count). The third-order valence-corrected chi connectivity index (χ3v) is 14.3. The zero-order valence-corrected chi connectivity index (χ0v) is 51.4. The van der Waals surface area contributed by atoms with Gasteiger partial charge >= 0.3 is 17.9 Å². The highest BCUT2D eigenvalue weighted by atomic mass is 16.6. The first-order valence-corrected chi connectivity index (χ1v) is 33.2. The van der Waals surface area contributed by atoms with Gasteiger partial charge in [0, 0.05) is 19.3 Å². The molecule has 0 aromatic carbocycles. The van der Waals surface area contributed by atoms with Crippen molar-refractivity contribution in [2.45, 2.75) is 329 Å². The molecular formula is C72H124O6. The minimum absolute atomic E-state index is 0.0894. The van der Waals surface area contributed by atoms with Gasteiger partial charge in [0.15, 0.2) is 6.10 Å². The summed E-state index contributed by atoms with van der Waals surface area (Å²) >= 11 is 0. The molecule has 448 valence electrons. The second-order valence-electron chi connectivity index (χ2n) is 22.0. The Balaban J connectivity index is 4.29. The molecule has 0 fully saturated rings. The molecule has 6 heteroatoms. The van der Waals surface area contributed by atoms with Crippen molar-refractivity contribution in [2.75, 3.05) is 13.2 Å². The molecule has 0 aromatic heterocycles. The van der Waals surface area contributed by atoms with Crippen LogP contribution in [-0.2, 0) is 28.6 Å². The molecule has 0 aliphatic heterocycles. The van der Waals surface area contributed by atoms with Crippen LogP contribution in [0.1, 0.15) is 323 Å². The zero-order valence-electron chi connectivity index (χ0n) is 51.4. The molecule has 1 atom stereocenters. The average Bonchev–Trinajstić information content (AvgIpc) is 3.44. The Morgan fingerprint density at radius 1 is 0.269 bits per heavy atom. The van der Waals surface area contributed by atoms with Crippen molar-refractivity contribution in [3.05, 3.63) is 97.2 Å². The molecule has 1 unspecified atom stereocenters. The number of carbonyl (C=O) groups is 3. The molecule has 6 nitrogen and oxygen atoms in total. The number of carbonyl (C=O) groups excluding carboxylic acids is 3. The largest absolute Gasteiger partial charge is 0.462 e. The van der Waals surface area contributed by atoms with Gasteiger partial charge in [0.25, 0.3) is 0 Å². The summed E-state index contributed by atoms with van der Waals surface area (Å²) in [7, 11) is 0. The van der Waals surface area contributed by atoms with E-state index in [-0.39, 0.29) is 31.1 Å². The molecule has 0 bridgehead atoms. The number of hydrogen-bond donors (Lipinski definition) is 0. The zero-order chi connectivity index (χ0) is 56.4. The molecule has 0 spiro atoms. The fourth-order valence-corrected chi connectivity index (χ4v) is 9.32. The highest BCUT2D eigenvalue weighted by Crippen LogP contribution is 2.16. The summed E-state index contributed by atoms with van der Waals surface area (Å²) in [5.74, 6) is -0.913. The Morgan fingerprint density at radius 3 is 0.795 bits per heavy atom. The van der Waals surface area contributed by atoms with Crippen molar-refractivity contribution < 1.29 is 28.6 Å². The van der Waals surface area contributed by atoms with Gasteiger partial charge in [-0.05, 0) is 122 Å². The predicted molar refractivity (Wildman–Crippen MR) is 339 cm³/mol. The monoisotopic (exact) mass is 1080 g/mol. The third-order valence-electron chi connectivity index (χ3n) is 14.3. The van der Waals surface area contributed by atoms with Crippen molar-refractivity contribution >= 4 is 17.9 Å². The molecule has 0 saturated heterocycles. The highest BCUT2D eigenvalue weighted by molar-refractivity contribution is 5.71. The Kier molecular flexibility index (Phi) is 62.7. The van der Waals surface area contributed by atoms with Crippen molar-refractivity contribution in [3.8, 4) is 0 Å². The first-order chi connectivity index (χ1) is 38.5. The van der Waals surface area contributed by atoms with Crippen LogP contribution >= 0.6 is 0 Å². The fraction of sp³-hybridized carbons (Fsp3) is 0.736. The van der Waals surface area contributed by atoms with E-state index in [0.29, 0.717) is 19.3 Å². The van der Waals surface area contributed by atoms with Gasteiger partial charge in [-0.2, -0.15) is 0 Å². The van der Waals surface area contributed by atoms with Gasteiger partial charge in [0.1, 0.15) is 13.2 Å². The SMILES string of the molecule is CC/C=C\C/C=C\C/C=C\C/C=C\CCCCCCC(=O)OC(COC(=O)CCCCCCC/C=C\CCCCCCC)COC(=O)CCCCCCCCCCCCCCCC/C=C\C/C=C\C/C=C\CCCCCCC. The van der Waals surface area contributed by atoms with Crippen LogP contribution in [0.4, 0.5) is 0 Å². The van der Waals surface area contributed by atoms with E-state index < -0.39 is 6.10 Å². The lowest BCUT2D eigenvalue weighted by atomic mass is 10.0. The first-order valence-electron chi connectivity index (χ1n) is 33.2. The lowest BCUT2D eigenvalue weighted by Gasteiger charge is -2.18. The number of unbranched alkanes of at least 4 members (excludes halogenated alkanes) is 33. The molecule has 0 aromatic rings. The lowest BCUT2D eigenvalue weighted by molar-refractivity contribution is -0.167. The van der Waals surface area contributed by atoms with Gasteiger partial charge in [0.05, 0.1) is 0 Å². The number of esters is 3. The highest BCUT2D eigenvalue weighted by Gasteiger charge is 2.19. The Morgan fingerprint density at radius 2 is 0.500 bits per heavy atom. The maximum atomic E-state index is 12.9. The number of rotatable bonds is 60. The summed E-state index contributed by atoms with van der Waals surface area (Å²) < 4.78 is 16.9. The summed E-state index contributed by atoms with van der Waals surface area (Å²) in [5.41, 5.74) is 0. The van der Waals surface area contributed by atoms with Crippen molar-refractivity contribution in [3.63, 3.8) is 0 Å². The molecule has 0 amide bonds. The summed E-state index contributed by atoms with van der Waals surface area (Å²) in [5, 5.41) is 0. The van der Waals surface area contributed by atoms with E-state index in [1.54, 1.807) is 0 Å².